The number of carbonyl (C=O) groups is 1. The number of hydrogen-bond acceptors (Lipinski definition) is 6. The smallest absolute Gasteiger partial charge is 0.340 e. The first-order chi connectivity index (χ1) is 12.6. The van der Waals surface area contributed by atoms with Crippen LogP contribution >= 0.6 is 0 Å². The van der Waals surface area contributed by atoms with Crippen molar-refractivity contribution in [2.75, 3.05) is 30.3 Å². The van der Waals surface area contributed by atoms with Crippen molar-refractivity contribution in [3.63, 3.8) is 0 Å². The zero-order valence-corrected chi connectivity index (χ0v) is 15.3. The number of hydrogen-bond donors (Lipinski definition) is 1. The number of rotatable bonds is 6. The van der Waals surface area contributed by atoms with Crippen LogP contribution in [0.25, 0.3) is 16.7 Å². The second-order valence-corrected chi connectivity index (χ2v) is 5.83. The zero-order chi connectivity index (χ0) is 18.7. The second kappa shape index (κ2) is 7.43. The molecule has 0 saturated heterocycles. The van der Waals surface area contributed by atoms with Crippen LogP contribution in [0.3, 0.4) is 0 Å². The van der Waals surface area contributed by atoms with Crippen molar-refractivity contribution in [3.05, 3.63) is 42.0 Å². The molecule has 0 spiro atoms. The van der Waals surface area contributed by atoms with Gasteiger partial charge in [-0.3, -0.25) is 0 Å². The van der Waals surface area contributed by atoms with Crippen LogP contribution < -0.4 is 10.6 Å². The van der Waals surface area contributed by atoms with Gasteiger partial charge in [0.05, 0.1) is 17.9 Å². The molecular weight excluding hydrogens is 330 g/mol. The van der Waals surface area contributed by atoms with Gasteiger partial charge in [0.15, 0.2) is 0 Å². The standard InChI is InChI=1S/C19H23N5O2/c1-4-23(5-2)14-7-9-15(10-8-14)24-21-17-12-13(20)11-16(18(17)22-24)19(25)26-6-3/h7-12H,4-6,20H2,1-3H3. The molecule has 1 aromatic heterocycles. The van der Waals surface area contributed by atoms with Crippen LogP contribution in [0.2, 0.25) is 0 Å². The molecule has 0 saturated carbocycles. The average molecular weight is 353 g/mol. The molecule has 0 unspecified atom stereocenters. The molecule has 0 aliphatic carbocycles. The predicted molar refractivity (Wildman–Crippen MR) is 103 cm³/mol. The Bertz CT molecular complexity index is 914. The highest BCUT2D eigenvalue weighted by Crippen LogP contribution is 2.22. The highest BCUT2D eigenvalue weighted by Gasteiger charge is 2.17. The normalized spacial score (nSPS) is 10.9. The van der Waals surface area contributed by atoms with Gasteiger partial charge in [-0.05, 0) is 57.2 Å². The molecule has 2 N–H and O–H groups in total. The summed E-state index contributed by atoms with van der Waals surface area (Å²) in [5, 5.41) is 8.94. The maximum atomic E-state index is 12.2. The fraction of sp³-hybridized carbons (Fsp3) is 0.316. The molecule has 0 amide bonds. The summed E-state index contributed by atoms with van der Waals surface area (Å²) in [5.41, 5.74) is 9.66. The summed E-state index contributed by atoms with van der Waals surface area (Å²) in [4.78, 5) is 16.0. The Morgan fingerprint density at radius 1 is 1.12 bits per heavy atom. The van der Waals surface area contributed by atoms with E-state index in [4.69, 9.17) is 10.5 Å². The highest BCUT2D eigenvalue weighted by molar-refractivity contribution is 6.03. The molecule has 7 heteroatoms. The summed E-state index contributed by atoms with van der Waals surface area (Å²) >= 11 is 0. The number of ether oxygens (including phenoxy) is 1. The molecule has 0 bridgehead atoms. The third-order valence-electron chi connectivity index (χ3n) is 4.21. The molecule has 26 heavy (non-hydrogen) atoms. The Labute approximate surface area is 152 Å². The number of nitrogens with zero attached hydrogens (tertiary/aromatic N) is 4. The van der Waals surface area contributed by atoms with E-state index in [-0.39, 0.29) is 6.61 Å². The van der Waals surface area contributed by atoms with Crippen molar-refractivity contribution in [3.8, 4) is 5.69 Å². The van der Waals surface area contributed by atoms with E-state index in [1.165, 1.54) is 4.80 Å². The largest absolute Gasteiger partial charge is 0.462 e. The highest BCUT2D eigenvalue weighted by atomic mass is 16.5. The molecule has 3 rings (SSSR count). The van der Waals surface area contributed by atoms with E-state index in [1.807, 2.05) is 24.3 Å². The van der Waals surface area contributed by atoms with Crippen molar-refractivity contribution in [1.29, 1.82) is 0 Å². The van der Waals surface area contributed by atoms with Gasteiger partial charge in [0.1, 0.15) is 11.0 Å². The maximum absolute atomic E-state index is 12.2. The van der Waals surface area contributed by atoms with E-state index < -0.39 is 5.97 Å². The zero-order valence-electron chi connectivity index (χ0n) is 15.3. The quantitative estimate of drug-likeness (QED) is 0.541. The maximum Gasteiger partial charge on any atom is 0.340 e. The minimum absolute atomic E-state index is 0.288. The molecule has 7 nitrogen and oxygen atoms in total. The monoisotopic (exact) mass is 353 g/mol. The lowest BCUT2D eigenvalue weighted by atomic mass is 10.1. The molecule has 136 valence electrons. The molecule has 0 aliphatic heterocycles. The van der Waals surface area contributed by atoms with Gasteiger partial charge in [-0.2, -0.15) is 4.80 Å². The van der Waals surface area contributed by atoms with Crippen molar-refractivity contribution in [2.24, 2.45) is 0 Å². The van der Waals surface area contributed by atoms with Crippen molar-refractivity contribution in [2.45, 2.75) is 20.8 Å². The molecule has 0 fully saturated rings. The van der Waals surface area contributed by atoms with Crippen LogP contribution in [0.5, 0.6) is 0 Å². The van der Waals surface area contributed by atoms with Gasteiger partial charge in [-0.25, -0.2) is 4.79 Å². The average Bonchev–Trinajstić information content (AvgIpc) is 3.06. The van der Waals surface area contributed by atoms with Crippen LogP contribution in [-0.2, 0) is 4.74 Å². The number of anilines is 2. The summed E-state index contributed by atoms with van der Waals surface area (Å²) in [7, 11) is 0. The van der Waals surface area contributed by atoms with Gasteiger partial charge in [-0.15, -0.1) is 10.2 Å². The minimum atomic E-state index is -0.450. The van der Waals surface area contributed by atoms with Crippen LogP contribution in [-0.4, -0.2) is 40.7 Å². The van der Waals surface area contributed by atoms with Gasteiger partial charge in [-0.1, -0.05) is 0 Å². The van der Waals surface area contributed by atoms with Crippen molar-refractivity contribution < 1.29 is 9.53 Å². The van der Waals surface area contributed by atoms with Crippen LogP contribution in [0.1, 0.15) is 31.1 Å². The third kappa shape index (κ3) is 3.33. The molecule has 3 aromatic rings. The molecule has 2 aromatic carbocycles. The van der Waals surface area contributed by atoms with E-state index >= 15 is 0 Å². The fourth-order valence-corrected chi connectivity index (χ4v) is 2.91. The summed E-state index contributed by atoms with van der Waals surface area (Å²) in [6, 6.07) is 11.3. The fourth-order valence-electron chi connectivity index (χ4n) is 2.91. The topological polar surface area (TPSA) is 86.3 Å². The lowest BCUT2D eigenvalue weighted by Crippen LogP contribution is -2.21. The lowest BCUT2D eigenvalue weighted by molar-refractivity contribution is 0.0528. The first-order valence-electron chi connectivity index (χ1n) is 8.76. The Balaban J connectivity index is 2.01. The Hall–Kier alpha value is -3.09. The summed E-state index contributed by atoms with van der Waals surface area (Å²) < 4.78 is 5.10. The van der Waals surface area contributed by atoms with Crippen molar-refractivity contribution >= 4 is 28.4 Å². The molecule has 1 heterocycles. The first-order valence-corrected chi connectivity index (χ1v) is 8.76. The number of aromatic nitrogens is 3. The van der Waals surface area contributed by atoms with E-state index in [0.29, 0.717) is 22.3 Å². The van der Waals surface area contributed by atoms with E-state index in [9.17, 15) is 4.79 Å². The molecule has 0 atom stereocenters. The van der Waals surface area contributed by atoms with Gasteiger partial charge in [0.25, 0.3) is 0 Å². The van der Waals surface area contributed by atoms with Crippen LogP contribution in [0.15, 0.2) is 36.4 Å². The third-order valence-corrected chi connectivity index (χ3v) is 4.21. The van der Waals surface area contributed by atoms with Crippen LogP contribution in [0.4, 0.5) is 11.4 Å². The van der Waals surface area contributed by atoms with Gasteiger partial charge in [0, 0.05) is 24.5 Å². The summed E-state index contributed by atoms with van der Waals surface area (Å²) in [6.45, 7) is 8.19. The van der Waals surface area contributed by atoms with Crippen LogP contribution in [0, 0.1) is 0 Å². The SMILES string of the molecule is CCOC(=O)c1cc(N)cc2nn(-c3ccc(N(CC)CC)cc3)nc12. The second-order valence-electron chi connectivity index (χ2n) is 5.83. The number of fused-ring (bicyclic) bond motifs is 1. The Morgan fingerprint density at radius 3 is 2.42 bits per heavy atom. The lowest BCUT2D eigenvalue weighted by Gasteiger charge is -2.20. The molecular formula is C19H23N5O2. The van der Waals surface area contributed by atoms with Gasteiger partial charge < -0.3 is 15.4 Å². The van der Waals surface area contributed by atoms with Gasteiger partial charge in [0.2, 0.25) is 0 Å². The Kier molecular flexibility index (Phi) is 5.06. The van der Waals surface area contributed by atoms with Gasteiger partial charge >= 0.3 is 5.97 Å². The van der Waals surface area contributed by atoms with Crippen molar-refractivity contribution in [1.82, 2.24) is 15.0 Å². The molecule has 0 aliphatic rings. The number of esters is 1. The number of carbonyl (C=O) groups excluding carboxylic acids is 1. The Morgan fingerprint density at radius 2 is 1.81 bits per heavy atom. The first kappa shape index (κ1) is 17.7. The van der Waals surface area contributed by atoms with E-state index in [0.717, 1.165) is 24.5 Å². The van der Waals surface area contributed by atoms with E-state index in [2.05, 4.69) is 28.9 Å². The number of nitrogen functional groups attached to an aromatic ring is 1. The molecule has 0 radical (unpaired) electrons. The summed E-state index contributed by atoms with van der Waals surface area (Å²) in [5.74, 6) is -0.450. The summed E-state index contributed by atoms with van der Waals surface area (Å²) in [6.07, 6.45) is 0. The van der Waals surface area contributed by atoms with E-state index in [1.54, 1.807) is 19.1 Å². The number of benzene rings is 2. The predicted octanol–water partition coefficient (Wildman–Crippen LogP) is 3.03. The number of nitrogens with two attached hydrogens (primary N) is 1. The minimum Gasteiger partial charge on any atom is -0.462 e.